The van der Waals surface area contributed by atoms with E-state index < -0.39 is 15.4 Å². The van der Waals surface area contributed by atoms with Crippen molar-refractivity contribution in [3.05, 3.63) is 73.8 Å². The van der Waals surface area contributed by atoms with Crippen LogP contribution in [0.2, 0.25) is 0 Å². The van der Waals surface area contributed by atoms with Crippen molar-refractivity contribution in [3.63, 3.8) is 0 Å². The molecule has 1 amide bonds. The number of hydrogen-bond acceptors (Lipinski definition) is 6. The molecule has 2 aromatic carbocycles. The lowest BCUT2D eigenvalue weighted by Gasteiger charge is -2.21. The van der Waals surface area contributed by atoms with Crippen LogP contribution in [0.15, 0.2) is 42.5 Å². The van der Waals surface area contributed by atoms with Gasteiger partial charge in [-0.05, 0) is 38.8 Å². The molecular formula is C19H22N4O5. The van der Waals surface area contributed by atoms with Crippen LogP contribution in [0.25, 0.3) is 0 Å². The van der Waals surface area contributed by atoms with Crippen molar-refractivity contribution in [2.45, 2.75) is 32.7 Å². The molecular weight excluding hydrogens is 364 g/mol. The Kier molecular flexibility index (Phi) is 6.29. The average Bonchev–Trinajstić information content (AvgIpc) is 2.60. The van der Waals surface area contributed by atoms with Crippen molar-refractivity contribution in [2.75, 3.05) is 11.9 Å². The van der Waals surface area contributed by atoms with Crippen molar-refractivity contribution in [1.29, 1.82) is 0 Å². The van der Waals surface area contributed by atoms with E-state index in [4.69, 9.17) is 0 Å². The molecule has 2 aromatic rings. The molecule has 0 spiro atoms. The molecule has 0 aromatic heterocycles. The third-order valence-electron chi connectivity index (χ3n) is 3.82. The van der Waals surface area contributed by atoms with Crippen LogP contribution in [0.5, 0.6) is 0 Å². The molecule has 0 heterocycles. The van der Waals surface area contributed by atoms with E-state index in [0.29, 0.717) is 24.2 Å². The summed E-state index contributed by atoms with van der Waals surface area (Å²) in [7, 11) is 0. The van der Waals surface area contributed by atoms with Crippen molar-refractivity contribution >= 4 is 23.0 Å². The minimum absolute atomic E-state index is 0.0107. The lowest BCUT2D eigenvalue weighted by molar-refractivity contribution is -0.385. The van der Waals surface area contributed by atoms with E-state index >= 15 is 0 Å². The number of nitro benzene ring substituents is 2. The van der Waals surface area contributed by atoms with Crippen molar-refractivity contribution in [1.82, 2.24) is 5.32 Å². The van der Waals surface area contributed by atoms with Gasteiger partial charge in [-0.1, -0.05) is 12.1 Å². The van der Waals surface area contributed by atoms with Gasteiger partial charge in [0.05, 0.1) is 21.1 Å². The molecule has 28 heavy (non-hydrogen) atoms. The maximum atomic E-state index is 12.5. The second kappa shape index (κ2) is 8.47. The maximum Gasteiger partial charge on any atom is 0.271 e. The standard InChI is InChI=1S/C19H22N4O5/c1-19(2,3)21-18(24)16-9-8-15(23(27)28)12-17(16)20-11-10-13-4-6-14(7-5-13)22(25)26/h4-9,12,20H,10-11H2,1-3H3,(H,21,24). The smallest absolute Gasteiger partial charge is 0.271 e. The Labute approximate surface area is 162 Å². The molecule has 0 unspecified atom stereocenters. The summed E-state index contributed by atoms with van der Waals surface area (Å²) in [6.45, 7) is 5.93. The largest absolute Gasteiger partial charge is 0.384 e. The monoisotopic (exact) mass is 386 g/mol. The number of non-ortho nitro benzene ring substituents is 2. The maximum absolute atomic E-state index is 12.5. The van der Waals surface area contributed by atoms with E-state index in [9.17, 15) is 25.0 Å². The van der Waals surface area contributed by atoms with E-state index in [1.54, 1.807) is 12.1 Å². The lowest BCUT2D eigenvalue weighted by Crippen LogP contribution is -2.40. The van der Waals surface area contributed by atoms with Gasteiger partial charge in [0.1, 0.15) is 0 Å². The number of carbonyl (C=O) groups is 1. The van der Waals surface area contributed by atoms with Gasteiger partial charge in [-0.25, -0.2) is 0 Å². The van der Waals surface area contributed by atoms with Crippen LogP contribution in [0, 0.1) is 20.2 Å². The van der Waals surface area contributed by atoms with Gasteiger partial charge in [0.15, 0.2) is 0 Å². The predicted octanol–water partition coefficient (Wildman–Crippen LogP) is 3.69. The molecule has 0 bridgehead atoms. The second-order valence-electron chi connectivity index (χ2n) is 7.29. The van der Waals surface area contributed by atoms with Crippen LogP contribution < -0.4 is 10.6 Å². The molecule has 148 valence electrons. The van der Waals surface area contributed by atoms with Crippen molar-refractivity contribution in [2.24, 2.45) is 0 Å². The molecule has 2 rings (SSSR count). The Hall–Kier alpha value is -3.49. The Morgan fingerprint density at radius 3 is 2.07 bits per heavy atom. The normalized spacial score (nSPS) is 11.0. The van der Waals surface area contributed by atoms with Gasteiger partial charge >= 0.3 is 0 Å². The highest BCUT2D eigenvalue weighted by Crippen LogP contribution is 2.23. The van der Waals surface area contributed by atoms with Crippen LogP contribution >= 0.6 is 0 Å². The third-order valence-corrected chi connectivity index (χ3v) is 3.82. The molecule has 9 nitrogen and oxygen atoms in total. The lowest BCUT2D eigenvalue weighted by atomic mass is 10.1. The van der Waals surface area contributed by atoms with Gasteiger partial charge in [-0.3, -0.25) is 25.0 Å². The topological polar surface area (TPSA) is 127 Å². The summed E-state index contributed by atoms with van der Waals surface area (Å²) in [6.07, 6.45) is 0.529. The second-order valence-corrected chi connectivity index (χ2v) is 7.29. The highest BCUT2D eigenvalue weighted by molar-refractivity contribution is 6.00. The summed E-state index contributed by atoms with van der Waals surface area (Å²) in [5.74, 6) is -0.333. The number of anilines is 1. The summed E-state index contributed by atoms with van der Waals surface area (Å²) in [5, 5.41) is 27.7. The zero-order valence-corrected chi connectivity index (χ0v) is 15.9. The van der Waals surface area contributed by atoms with Crippen molar-refractivity contribution < 1.29 is 14.6 Å². The summed E-state index contributed by atoms with van der Waals surface area (Å²) in [6, 6.07) is 10.2. The fourth-order valence-electron chi connectivity index (χ4n) is 2.52. The molecule has 9 heteroatoms. The minimum atomic E-state index is -0.521. The predicted molar refractivity (Wildman–Crippen MR) is 106 cm³/mol. The zero-order valence-electron chi connectivity index (χ0n) is 15.9. The summed E-state index contributed by atoms with van der Waals surface area (Å²) in [5.41, 5.74) is 0.975. The number of amides is 1. The summed E-state index contributed by atoms with van der Waals surface area (Å²) < 4.78 is 0. The van der Waals surface area contributed by atoms with E-state index in [0.717, 1.165) is 5.56 Å². The molecule has 0 aliphatic heterocycles. The number of carbonyl (C=O) groups excluding carboxylic acids is 1. The molecule has 0 radical (unpaired) electrons. The minimum Gasteiger partial charge on any atom is -0.384 e. The molecule has 0 aliphatic rings. The fourth-order valence-corrected chi connectivity index (χ4v) is 2.52. The number of nitro groups is 2. The van der Waals surface area contributed by atoms with Gasteiger partial charge in [0.2, 0.25) is 0 Å². The fraction of sp³-hybridized carbons (Fsp3) is 0.316. The highest BCUT2D eigenvalue weighted by atomic mass is 16.6. The molecule has 2 N–H and O–H groups in total. The first-order valence-corrected chi connectivity index (χ1v) is 8.65. The van der Waals surface area contributed by atoms with E-state index in [1.807, 2.05) is 20.8 Å². The van der Waals surface area contributed by atoms with E-state index in [-0.39, 0.29) is 17.3 Å². The van der Waals surface area contributed by atoms with E-state index in [2.05, 4.69) is 10.6 Å². The molecule has 0 fully saturated rings. The Morgan fingerprint density at radius 2 is 1.54 bits per heavy atom. The number of rotatable bonds is 7. The average molecular weight is 386 g/mol. The van der Waals surface area contributed by atoms with Gasteiger partial charge in [-0.15, -0.1) is 0 Å². The summed E-state index contributed by atoms with van der Waals surface area (Å²) in [4.78, 5) is 33.3. The highest BCUT2D eigenvalue weighted by Gasteiger charge is 2.20. The molecule has 0 saturated carbocycles. The summed E-state index contributed by atoms with van der Waals surface area (Å²) >= 11 is 0. The Bertz CT molecular complexity index is 888. The van der Waals surface area contributed by atoms with Crippen LogP contribution in [-0.2, 0) is 6.42 Å². The number of hydrogen-bond donors (Lipinski definition) is 2. The number of benzene rings is 2. The van der Waals surface area contributed by atoms with Crippen LogP contribution in [0.1, 0.15) is 36.7 Å². The van der Waals surface area contributed by atoms with Gasteiger partial charge < -0.3 is 10.6 Å². The number of nitrogens with zero attached hydrogens (tertiary/aromatic N) is 2. The first kappa shape index (κ1) is 20.8. The van der Waals surface area contributed by atoms with Gasteiger partial charge in [0, 0.05) is 36.3 Å². The van der Waals surface area contributed by atoms with Gasteiger partial charge in [0.25, 0.3) is 17.3 Å². The third kappa shape index (κ3) is 5.76. The van der Waals surface area contributed by atoms with Gasteiger partial charge in [-0.2, -0.15) is 0 Å². The Balaban J connectivity index is 2.15. The molecule has 0 saturated heterocycles. The zero-order chi connectivity index (χ0) is 20.9. The SMILES string of the molecule is CC(C)(C)NC(=O)c1ccc([N+](=O)[O-])cc1NCCc1ccc([N+](=O)[O-])cc1. The van der Waals surface area contributed by atoms with Crippen LogP contribution in [0.3, 0.4) is 0 Å². The first-order valence-electron chi connectivity index (χ1n) is 8.65. The molecule has 0 aliphatic carbocycles. The van der Waals surface area contributed by atoms with Crippen LogP contribution in [-0.4, -0.2) is 27.8 Å². The van der Waals surface area contributed by atoms with Crippen LogP contribution in [0.4, 0.5) is 17.1 Å². The number of nitrogens with one attached hydrogen (secondary N) is 2. The quantitative estimate of drug-likeness (QED) is 0.552. The van der Waals surface area contributed by atoms with E-state index in [1.165, 1.54) is 30.3 Å². The van der Waals surface area contributed by atoms with Crippen molar-refractivity contribution in [3.8, 4) is 0 Å². The first-order chi connectivity index (χ1) is 13.1. The Morgan fingerprint density at radius 1 is 0.964 bits per heavy atom. The molecule has 0 atom stereocenters.